The number of piperazine rings is 1. The summed E-state index contributed by atoms with van der Waals surface area (Å²) in [6.07, 6.45) is 0. The number of hydrogen-bond donors (Lipinski definition) is 1. The van der Waals surface area contributed by atoms with Gasteiger partial charge in [0.25, 0.3) is 0 Å². The highest BCUT2D eigenvalue weighted by atomic mass is 35.5. The van der Waals surface area contributed by atoms with Crippen LogP contribution in [0.2, 0.25) is 5.02 Å². The molecule has 1 aromatic heterocycles. The predicted molar refractivity (Wildman–Crippen MR) is 89.2 cm³/mol. The van der Waals surface area contributed by atoms with Crippen molar-refractivity contribution in [3.63, 3.8) is 0 Å². The van der Waals surface area contributed by atoms with Gasteiger partial charge in [0.05, 0.1) is 6.04 Å². The van der Waals surface area contributed by atoms with E-state index in [2.05, 4.69) is 10.2 Å². The lowest BCUT2D eigenvalue weighted by atomic mass is 9.97. The van der Waals surface area contributed by atoms with Crippen molar-refractivity contribution in [3.8, 4) is 0 Å². The van der Waals surface area contributed by atoms with E-state index < -0.39 is 17.7 Å². The minimum absolute atomic E-state index is 0. The lowest BCUT2D eigenvalue weighted by molar-refractivity contribution is 0.192. The summed E-state index contributed by atoms with van der Waals surface area (Å²) in [4.78, 5) is 2.11. The van der Waals surface area contributed by atoms with Gasteiger partial charge in [-0.15, -0.1) is 12.4 Å². The highest BCUT2D eigenvalue weighted by Gasteiger charge is 2.29. The van der Waals surface area contributed by atoms with Gasteiger partial charge in [0.1, 0.15) is 11.6 Å². The Morgan fingerprint density at radius 1 is 1.18 bits per heavy atom. The second-order valence-electron chi connectivity index (χ2n) is 5.03. The molecule has 1 aromatic carbocycles. The molecule has 2 aromatic rings. The molecule has 3 rings (SSSR count). The number of nitrogens with zero attached hydrogens (tertiary/aromatic N) is 1. The van der Waals surface area contributed by atoms with Crippen LogP contribution in [0.3, 0.4) is 0 Å². The third-order valence-electron chi connectivity index (χ3n) is 3.69. The summed E-state index contributed by atoms with van der Waals surface area (Å²) in [6.45, 7) is 3.14. The lowest BCUT2D eigenvalue weighted by Gasteiger charge is -2.35. The fourth-order valence-electron chi connectivity index (χ4n) is 2.75. The molecular weight excluding hydrogens is 349 g/mol. The first kappa shape index (κ1) is 17.6. The van der Waals surface area contributed by atoms with Crippen LogP contribution in [0.1, 0.15) is 17.2 Å². The normalized spacial score (nSPS) is 17.0. The molecule has 1 saturated heterocycles. The fraction of sp³-hybridized carbons (Fsp3) is 0.333. The number of hydrogen-bond acceptors (Lipinski definition) is 3. The topological polar surface area (TPSA) is 15.3 Å². The maximum atomic E-state index is 14.3. The Kier molecular flexibility index (Phi) is 6.17. The highest BCUT2D eigenvalue weighted by molar-refractivity contribution is 7.08. The van der Waals surface area contributed by atoms with Gasteiger partial charge in [0.2, 0.25) is 0 Å². The first-order valence-electron chi connectivity index (χ1n) is 6.78. The number of rotatable bonds is 3. The molecule has 7 heteroatoms. The van der Waals surface area contributed by atoms with Crippen LogP contribution in [0.15, 0.2) is 29.0 Å². The summed E-state index contributed by atoms with van der Waals surface area (Å²) in [5, 5.41) is 7.21. The molecule has 1 aliphatic heterocycles. The van der Waals surface area contributed by atoms with Crippen LogP contribution in [0.5, 0.6) is 0 Å². The molecule has 0 bridgehead atoms. The van der Waals surface area contributed by atoms with Gasteiger partial charge in [-0.25, -0.2) is 8.78 Å². The van der Waals surface area contributed by atoms with Crippen molar-refractivity contribution in [2.45, 2.75) is 6.04 Å². The third-order valence-corrected chi connectivity index (χ3v) is 4.61. The first-order valence-corrected chi connectivity index (χ1v) is 8.10. The summed E-state index contributed by atoms with van der Waals surface area (Å²) >= 11 is 7.26. The van der Waals surface area contributed by atoms with E-state index in [9.17, 15) is 8.78 Å². The van der Waals surface area contributed by atoms with Gasteiger partial charge in [-0.1, -0.05) is 11.6 Å². The minimum atomic E-state index is -0.588. The van der Waals surface area contributed by atoms with Crippen molar-refractivity contribution in [3.05, 3.63) is 56.7 Å². The van der Waals surface area contributed by atoms with Crippen LogP contribution < -0.4 is 5.32 Å². The predicted octanol–water partition coefficient (Wildman–Crippen LogP) is 4.10. The van der Waals surface area contributed by atoms with Gasteiger partial charge in [0.15, 0.2) is 0 Å². The molecule has 0 unspecified atom stereocenters. The van der Waals surface area contributed by atoms with Crippen LogP contribution in [-0.2, 0) is 0 Å². The molecule has 0 radical (unpaired) electrons. The van der Waals surface area contributed by atoms with Crippen LogP contribution in [-0.4, -0.2) is 31.1 Å². The van der Waals surface area contributed by atoms with Crippen LogP contribution in [0, 0.1) is 11.6 Å². The monoisotopic (exact) mass is 364 g/mol. The summed E-state index contributed by atoms with van der Waals surface area (Å²) in [5.74, 6) is -1.18. The third kappa shape index (κ3) is 3.60. The van der Waals surface area contributed by atoms with Gasteiger partial charge < -0.3 is 5.32 Å². The van der Waals surface area contributed by atoms with E-state index in [0.29, 0.717) is 0 Å². The number of halogens is 4. The van der Waals surface area contributed by atoms with E-state index in [1.54, 1.807) is 0 Å². The van der Waals surface area contributed by atoms with Gasteiger partial charge >= 0.3 is 0 Å². The average Bonchev–Trinajstić information content (AvgIpc) is 2.97. The average molecular weight is 365 g/mol. The number of nitrogens with one attached hydrogen (secondary N) is 1. The van der Waals surface area contributed by atoms with Gasteiger partial charge in [0, 0.05) is 36.8 Å². The molecule has 1 fully saturated rings. The zero-order chi connectivity index (χ0) is 14.8. The Bertz CT molecular complexity index is 593. The maximum absolute atomic E-state index is 14.3. The molecular formula is C15H16Cl2F2N2S. The quantitative estimate of drug-likeness (QED) is 0.881. The largest absolute Gasteiger partial charge is 0.314 e. The second kappa shape index (κ2) is 7.70. The van der Waals surface area contributed by atoms with E-state index in [0.717, 1.165) is 31.7 Å². The number of thiophene rings is 1. The van der Waals surface area contributed by atoms with Crippen molar-refractivity contribution in [1.82, 2.24) is 10.2 Å². The fourth-order valence-corrected chi connectivity index (χ4v) is 3.62. The van der Waals surface area contributed by atoms with Crippen molar-refractivity contribution in [1.29, 1.82) is 0 Å². The molecule has 22 heavy (non-hydrogen) atoms. The molecule has 0 spiro atoms. The van der Waals surface area contributed by atoms with Crippen molar-refractivity contribution < 1.29 is 8.78 Å². The van der Waals surface area contributed by atoms with Crippen LogP contribution >= 0.6 is 35.3 Å². The first-order chi connectivity index (χ1) is 10.2. The SMILES string of the molecule is Cl.Fc1cc(Cl)cc(F)c1[C@H](c1ccsc1)N1CCNCC1. The molecule has 1 atom stereocenters. The van der Waals surface area contributed by atoms with E-state index >= 15 is 0 Å². The Labute approximate surface area is 143 Å². The molecule has 0 aliphatic carbocycles. The Morgan fingerprint density at radius 3 is 2.36 bits per heavy atom. The van der Waals surface area contributed by atoms with Gasteiger partial charge in [-0.2, -0.15) is 11.3 Å². The summed E-state index contributed by atoms with van der Waals surface area (Å²) in [6, 6.07) is 3.88. The van der Waals surface area contributed by atoms with Gasteiger partial charge in [-0.3, -0.25) is 4.90 Å². The molecule has 2 nitrogen and oxygen atoms in total. The minimum Gasteiger partial charge on any atom is -0.314 e. The summed E-state index contributed by atoms with van der Waals surface area (Å²) in [5.41, 5.74) is 1.00. The summed E-state index contributed by atoms with van der Waals surface area (Å²) in [7, 11) is 0. The Morgan fingerprint density at radius 2 is 1.82 bits per heavy atom. The van der Waals surface area contributed by atoms with E-state index in [1.165, 1.54) is 23.5 Å². The zero-order valence-corrected chi connectivity index (χ0v) is 14.1. The van der Waals surface area contributed by atoms with Crippen LogP contribution in [0.4, 0.5) is 8.78 Å². The Hall–Kier alpha value is -0.720. The highest BCUT2D eigenvalue weighted by Crippen LogP contribution is 2.34. The van der Waals surface area contributed by atoms with Crippen molar-refractivity contribution >= 4 is 35.3 Å². The molecule has 120 valence electrons. The van der Waals surface area contributed by atoms with Crippen molar-refractivity contribution in [2.75, 3.05) is 26.2 Å². The standard InChI is InChI=1S/C15H15ClF2N2S.ClH/c16-11-7-12(17)14(13(18)8-11)15(10-1-6-21-9-10)20-4-2-19-3-5-20;/h1,6-9,15,19H,2-5H2;1H/t15-;/m0./s1. The second-order valence-corrected chi connectivity index (χ2v) is 6.24. The smallest absolute Gasteiger partial charge is 0.132 e. The molecule has 0 amide bonds. The van der Waals surface area contributed by atoms with Gasteiger partial charge in [-0.05, 0) is 34.5 Å². The van der Waals surface area contributed by atoms with Crippen LogP contribution in [0.25, 0.3) is 0 Å². The molecule has 2 heterocycles. The molecule has 1 aliphatic rings. The maximum Gasteiger partial charge on any atom is 0.132 e. The molecule has 1 N–H and O–H groups in total. The van der Waals surface area contributed by atoms with E-state index in [4.69, 9.17) is 11.6 Å². The van der Waals surface area contributed by atoms with E-state index in [-0.39, 0.29) is 23.0 Å². The van der Waals surface area contributed by atoms with E-state index in [1.807, 2.05) is 16.8 Å². The summed E-state index contributed by atoms with van der Waals surface area (Å²) < 4.78 is 28.7. The Balaban J connectivity index is 0.00000176. The zero-order valence-electron chi connectivity index (χ0n) is 11.7. The number of benzene rings is 1. The lowest BCUT2D eigenvalue weighted by Crippen LogP contribution is -2.45. The molecule has 0 saturated carbocycles. The van der Waals surface area contributed by atoms with Crippen molar-refractivity contribution in [2.24, 2.45) is 0 Å².